The maximum absolute atomic E-state index is 14.6. The average molecular weight is 481 g/mol. The molecule has 0 heterocycles. The van der Waals surface area contributed by atoms with Gasteiger partial charge in [-0.05, 0) is 44.0 Å². The van der Waals surface area contributed by atoms with Gasteiger partial charge in [-0.1, -0.05) is 78.3 Å². The molecule has 1 atom stereocenters. The standard InChI is InChI=1S/C28H30ClFN2O2/c1-28(2,3)31-27(34)25(17-20-11-5-4-6-12-20)32(19-22-14-8-10-16-24(22)30)26(33)18-21-13-7-9-15-23(21)29/h4-16,25H,17-19H2,1-3H3,(H,31,34)/t25-/m1/s1. The van der Waals surface area contributed by atoms with Gasteiger partial charge in [0.25, 0.3) is 0 Å². The van der Waals surface area contributed by atoms with Gasteiger partial charge in [-0.3, -0.25) is 9.59 Å². The van der Waals surface area contributed by atoms with Gasteiger partial charge in [0.2, 0.25) is 11.8 Å². The molecule has 0 aliphatic rings. The maximum Gasteiger partial charge on any atom is 0.243 e. The fraction of sp³-hybridized carbons (Fsp3) is 0.286. The highest BCUT2D eigenvalue weighted by Gasteiger charge is 2.32. The quantitative estimate of drug-likeness (QED) is 0.457. The number of hydrogen-bond acceptors (Lipinski definition) is 2. The van der Waals surface area contributed by atoms with Crippen molar-refractivity contribution in [3.63, 3.8) is 0 Å². The zero-order valence-corrected chi connectivity index (χ0v) is 20.5. The third-order valence-electron chi connectivity index (χ3n) is 5.37. The lowest BCUT2D eigenvalue weighted by atomic mass is 9.99. The fourth-order valence-electron chi connectivity index (χ4n) is 3.72. The Labute approximate surface area is 205 Å². The lowest BCUT2D eigenvalue weighted by molar-refractivity contribution is -0.141. The summed E-state index contributed by atoms with van der Waals surface area (Å²) in [4.78, 5) is 28.6. The van der Waals surface area contributed by atoms with Crippen LogP contribution in [0.2, 0.25) is 5.02 Å². The molecule has 0 aliphatic carbocycles. The average Bonchev–Trinajstić information content (AvgIpc) is 2.78. The summed E-state index contributed by atoms with van der Waals surface area (Å²) in [5.41, 5.74) is 1.40. The van der Waals surface area contributed by atoms with E-state index in [1.807, 2.05) is 57.2 Å². The van der Waals surface area contributed by atoms with Crippen molar-refractivity contribution in [3.8, 4) is 0 Å². The number of rotatable bonds is 8. The number of halogens is 2. The fourth-order valence-corrected chi connectivity index (χ4v) is 3.93. The second kappa shape index (κ2) is 11.3. The Kier molecular flexibility index (Phi) is 8.46. The van der Waals surface area contributed by atoms with Crippen molar-refractivity contribution in [3.05, 3.63) is 106 Å². The van der Waals surface area contributed by atoms with Gasteiger partial charge in [0.05, 0.1) is 6.42 Å². The van der Waals surface area contributed by atoms with Crippen LogP contribution in [0.15, 0.2) is 78.9 Å². The van der Waals surface area contributed by atoms with Crippen LogP contribution in [-0.2, 0) is 29.0 Å². The van der Waals surface area contributed by atoms with Crippen molar-refractivity contribution in [2.45, 2.75) is 51.7 Å². The van der Waals surface area contributed by atoms with Crippen LogP contribution in [0.5, 0.6) is 0 Å². The number of benzene rings is 3. The van der Waals surface area contributed by atoms with Gasteiger partial charge in [0.1, 0.15) is 11.9 Å². The molecular formula is C28H30ClFN2O2. The molecule has 0 saturated heterocycles. The van der Waals surface area contributed by atoms with Crippen molar-refractivity contribution in [2.24, 2.45) is 0 Å². The summed E-state index contributed by atoms with van der Waals surface area (Å²) in [5, 5.41) is 3.47. The minimum absolute atomic E-state index is 0.00220. The Bertz CT molecular complexity index is 1130. The summed E-state index contributed by atoms with van der Waals surface area (Å²) in [6.07, 6.45) is 0.299. The number of hydrogen-bond donors (Lipinski definition) is 1. The van der Waals surface area contributed by atoms with Crippen molar-refractivity contribution in [1.29, 1.82) is 0 Å². The molecule has 0 saturated carbocycles. The highest BCUT2D eigenvalue weighted by atomic mass is 35.5. The van der Waals surface area contributed by atoms with Gasteiger partial charge >= 0.3 is 0 Å². The highest BCUT2D eigenvalue weighted by molar-refractivity contribution is 6.31. The van der Waals surface area contributed by atoms with E-state index in [0.29, 0.717) is 22.6 Å². The molecule has 0 spiro atoms. The highest BCUT2D eigenvalue weighted by Crippen LogP contribution is 2.21. The normalized spacial score (nSPS) is 12.1. The van der Waals surface area contributed by atoms with E-state index in [4.69, 9.17) is 11.6 Å². The summed E-state index contributed by atoms with van der Waals surface area (Å²) in [7, 11) is 0. The first kappa shape index (κ1) is 25.4. The number of nitrogens with zero attached hydrogens (tertiary/aromatic N) is 1. The number of nitrogens with one attached hydrogen (secondary N) is 1. The molecule has 0 bridgehead atoms. The lowest BCUT2D eigenvalue weighted by Gasteiger charge is -2.34. The second-order valence-corrected chi connectivity index (χ2v) is 9.73. The molecule has 3 aromatic carbocycles. The number of carbonyl (C=O) groups is 2. The minimum Gasteiger partial charge on any atom is -0.350 e. The molecule has 0 radical (unpaired) electrons. The monoisotopic (exact) mass is 480 g/mol. The Balaban J connectivity index is 2.01. The molecule has 34 heavy (non-hydrogen) atoms. The van der Waals surface area contributed by atoms with Crippen molar-refractivity contribution >= 4 is 23.4 Å². The van der Waals surface area contributed by atoms with Crippen molar-refractivity contribution in [1.82, 2.24) is 10.2 Å². The summed E-state index contributed by atoms with van der Waals surface area (Å²) in [5.74, 6) is -1.02. The van der Waals surface area contributed by atoms with Crippen LogP contribution in [0, 0.1) is 5.82 Å². The molecule has 3 aromatic rings. The van der Waals surface area contributed by atoms with Gasteiger partial charge in [0.15, 0.2) is 0 Å². The van der Waals surface area contributed by atoms with Gasteiger partial charge in [-0.25, -0.2) is 4.39 Å². The van der Waals surface area contributed by atoms with E-state index < -0.39 is 17.4 Å². The van der Waals surface area contributed by atoms with Gasteiger partial charge in [0, 0.05) is 29.1 Å². The van der Waals surface area contributed by atoms with Gasteiger partial charge in [-0.15, -0.1) is 0 Å². The van der Waals surface area contributed by atoms with Crippen LogP contribution in [0.1, 0.15) is 37.5 Å². The topological polar surface area (TPSA) is 49.4 Å². The molecule has 0 fully saturated rings. The Morgan fingerprint density at radius 2 is 1.50 bits per heavy atom. The zero-order valence-electron chi connectivity index (χ0n) is 19.7. The van der Waals surface area contributed by atoms with E-state index in [-0.39, 0.29) is 24.8 Å². The van der Waals surface area contributed by atoms with Crippen molar-refractivity contribution < 1.29 is 14.0 Å². The molecule has 1 N–H and O–H groups in total. The largest absolute Gasteiger partial charge is 0.350 e. The second-order valence-electron chi connectivity index (χ2n) is 9.33. The summed E-state index contributed by atoms with van der Waals surface area (Å²) in [6.45, 7) is 5.62. The molecule has 178 valence electrons. The smallest absolute Gasteiger partial charge is 0.243 e. The number of carbonyl (C=O) groups excluding carboxylic acids is 2. The molecule has 3 rings (SSSR count). The van der Waals surface area contributed by atoms with E-state index in [0.717, 1.165) is 5.56 Å². The Hall–Kier alpha value is -3.18. The first-order valence-electron chi connectivity index (χ1n) is 11.3. The van der Waals surface area contributed by atoms with Crippen LogP contribution < -0.4 is 5.32 Å². The molecular weight excluding hydrogens is 451 g/mol. The van der Waals surface area contributed by atoms with Crippen LogP contribution in [0.25, 0.3) is 0 Å². The number of amides is 2. The van der Waals surface area contributed by atoms with E-state index in [9.17, 15) is 14.0 Å². The maximum atomic E-state index is 14.6. The Morgan fingerprint density at radius 1 is 0.912 bits per heavy atom. The minimum atomic E-state index is -0.837. The molecule has 0 aromatic heterocycles. The summed E-state index contributed by atoms with van der Waals surface area (Å²) in [6, 6.07) is 22.1. The molecule has 0 aliphatic heterocycles. The predicted octanol–water partition coefficient (Wildman–Crippen LogP) is 5.58. The first-order chi connectivity index (χ1) is 16.1. The lowest BCUT2D eigenvalue weighted by Crippen LogP contribution is -2.54. The molecule has 2 amide bonds. The van der Waals surface area contributed by atoms with Gasteiger partial charge in [-0.2, -0.15) is 0 Å². The van der Waals surface area contributed by atoms with Crippen LogP contribution in [0.3, 0.4) is 0 Å². The van der Waals surface area contributed by atoms with Crippen LogP contribution >= 0.6 is 11.6 Å². The van der Waals surface area contributed by atoms with Crippen LogP contribution in [0.4, 0.5) is 4.39 Å². The van der Waals surface area contributed by atoms with E-state index >= 15 is 0 Å². The predicted molar refractivity (Wildman–Crippen MR) is 134 cm³/mol. The Morgan fingerprint density at radius 3 is 2.12 bits per heavy atom. The van der Waals surface area contributed by atoms with Gasteiger partial charge < -0.3 is 10.2 Å². The first-order valence-corrected chi connectivity index (χ1v) is 11.6. The van der Waals surface area contributed by atoms with E-state index in [1.54, 1.807) is 36.4 Å². The third-order valence-corrected chi connectivity index (χ3v) is 5.74. The summed E-state index contributed by atoms with van der Waals surface area (Å²) >= 11 is 6.31. The SMILES string of the molecule is CC(C)(C)NC(=O)[C@@H](Cc1ccccc1)N(Cc1ccccc1F)C(=O)Cc1ccccc1Cl. The van der Waals surface area contributed by atoms with E-state index in [1.165, 1.54) is 11.0 Å². The summed E-state index contributed by atoms with van der Waals surface area (Å²) < 4.78 is 14.6. The molecule has 6 heteroatoms. The van der Waals surface area contributed by atoms with Crippen LogP contribution in [-0.4, -0.2) is 28.3 Å². The van der Waals surface area contributed by atoms with Crippen molar-refractivity contribution in [2.75, 3.05) is 0 Å². The zero-order chi connectivity index (χ0) is 24.7. The third kappa shape index (κ3) is 7.16. The van der Waals surface area contributed by atoms with E-state index in [2.05, 4.69) is 5.32 Å². The molecule has 4 nitrogen and oxygen atoms in total. The molecule has 0 unspecified atom stereocenters.